The fourth-order valence-corrected chi connectivity index (χ4v) is 5.82. The van der Waals surface area contributed by atoms with E-state index in [-0.39, 0.29) is 17.3 Å². The molecule has 1 fully saturated rings. The minimum absolute atomic E-state index is 0.0841. The number of nitrogens with two attached hydrogens (primary N) is 1. The highest BCUT2D eigenvalue weighted by molar-refractivity contribution is 5.76. The molecule has 1 aromatic carbocycles. The summed E-state index contributed by atoms with van der Waals surface area (Å²) in [5, 5.41) is 4.54. The van der Waals surface area contributed by atoms with Gasteiger partial charge in [-0.15, -0.1) is 0 Å². The summed E-state index contributed by atoms with van der Waals surface area (Å²) in [4.78, 5) is 11.4. The number of aromatic nitrogens is 4. The van der Waals surface area contributed by atoms with Crippen molar-refractivity contribution >= 4 is 11.3 Å². The average Bonchev–Trinajstić information content (AvgIpc) is 3.40. The normalized spacial score (nSPS) is 19.4. The molecule has 2 N–H and O–H groups in total. The third-order valence-corrected chi connectivity index (χ3v) is 7.67. The van der Waals surface area contributed by atoms with E-state index in [1.54, 1.807) is 25.4 Å². The van der Waals surface area contributed by atoms with E-state index in [2.05, 4.69) is 39.2 Å². The van der Waals surface area contributed by atoms with E-state index in [1.807, 2.05) is 17.5 Å². The van der Waals surface area contributed by atoms with Crippen molar-refractivity contribution in [3.05, 3.63) is 77.1 Å². The molecule has 6 rings (SSSR count). The van der Waals surface area contributed by atoms with Crippen LogP contribution in [0.15, 0.2) is 48.8 Å². The van der Waals surface area contributed by atoms with E-state index >= 15 is 0 Å². The molecule has 1 spiro atoms. The van der Waals surface area contributed by atoms with Crippen molar-refractivity contribution in [3.8, 4) is 11.3 Å². The van der Waals surface area contributed by atoms with Crippen molar-refractivity contribution in [3.63, 3.8) is 0 Å². The van der Waals surface area contributed by atoms with Gasteiger partial charge in [0.2, 0.25) is 0 Å². The Morgan fingerprint density at radius 3 is 2.61 bits per heavy atom. The van der Waals surface area contributed by atoms with Crippen LogP contribution in [0, 0.1) is 25.1 Å². The molecule has 0 radical (unpaired) electrons. The van der Waals surface area contributed by atoms with Gasteiger partial charge in [0.15, 0.2) is 11.6 Å². The third-order valence-electron chi connectivity index (χ3n) is 7.67. The van der Waals surface area contributed by atoms with E-state index in [9.17, 15) is 4.39 Å². The van der Waals surface area contributed by atoms with Crippen LogP contribution in [-0.2, 0) is 6.42 Å². The van der Waals surface area contributed by atoms with Crippen molar-refractivity contribution in [2.75, 3.05) is 18.0 Å². The maximum absolute atomic E-state index is 14.9. The Kier molecular flexibility index (Phi) is 4.52. The Balaban J connectivity index is 1.34. The zero-order chi connectivity index (χ0) is 22.7. The molecule has 1 saturated heterocycles. The van der Waals surface area contributed by atoms with E-state index in [0.717, 1.165) is 49.4 Å². The van der Waals surface area contributed by atoms with Gasteiger partial charge in [-0.25, -0.2) is 13.9 Å². The fourth-order valence-electron chi connectivity index (χ4n) is 5.82. The Bertz CT molecular complexity index is 1370. The van der Waals surface area contributed by atoms with Gasteiger partial charge < -0.3 is 10.6 Å². The predicted molar refractivity (Wildman–Crippen MR) is 127 cm³/mol. The van der Waals surface area contributed by atoms with Gasteiger partial charge in [0.1, 0.15) is 5.52 Å². The SMILES string of the molecule is Cc1nccc(-c2c(C)nc(N3CCC4(CC3)Cc3ccccc3[C@H]4N)c3ccnn23)c1F. The molecular formula is C26H27FN6. The van der Waals surface area contributed by atoms with Crippen LogP contribution < -0.4 is 10.6 Å². The standard InChI is InChI=1S/C26H27FN6/c1-16-22(27)20(7-11-29-16)23-17(2)31-25(21-8-12-30-33(21)23)32-13-9-26(10-14-32)15-18-5-3-4-6-19(18)24(26)28/h3-8,11-12,24H,9-10,13-15,28H2,1-2H3/t24-/m1/s1. The molecule has 0 unspecified atom stereocenters. The smallest absolute Gasteiger partial charge is 0.155 e. The number of hydrogen-bond donors (Lipinski definition) is 1. The Labute approximate surface area is 192 Å². The lowest BCUT2D eigenvalue weighted by atomic mass is 9.73. The zero-order valence-electron chi connectivity index (χ0n) is 18.9. The highest BCUT2D eigenvalue weighted by Crippen LogP contribution is 2.51. The number of hydrogen-bond acceptors (Lipinski definition) is 5. The van der Waals surface area contributed by atoms with Crippen LogP contribution in [0.25, 0.3) is 16.8 Å². The molecule has 4 aromatic rings. The number of halogens is 1. The van der Waals surface area contributed by atoms with Crippen molar-refractivity contribution in [2.45, 2.75) is 39.2 Å². The summed E-state index contributed by atoms with van der Waals surface area (Å²) in [6.07, 6.45) is 6.47. The second-order valence-electron chi connectivity index (χ2n) is 9.46. The molecule has 2 aliphatic rings. The summed E-state index contributed by atoms with van der Waals surface area (Å²) in [5.74, 6) is 0.570. The highest BCUT2D eigenvalue weighted by Gasteiger charge is 2.46. The van der Waals surface area contributed by atoms with Gasteiger partial charge in [0.25, 0.3) is 0 Å². The first-order chi connectivity index (χ1) is 16.0. The molecule has 4 heterocycles. The maximum atomic E-state index is 14.9. The van der Waals surface area contributed by atoms with Crippen LogP contribution in [-0.4, -0.2) is 32.7 Å². The molecule has 168 valence electrons. The summed E-state index contributed by atoms with van der Waals surface area (Å²) in [6, 6.07) is 12.3. The lowest BCUT2D eigenvalue weighted by molar-refractivity contribution is 0.187. The first-order valence-electron chi connectivity index (χ1n) is 11.5. The number of rotatable bonds is 2. The summed E-state index contributed by atoms with van der Waals surface area (Å²) in [7, 11) is 0. The Morgan fingerprint density at radius 1 is 1.03 bits per heavy atom. The number of anilines is 1. The first kappa shape index (κ1) is 20.3. The summed E-state index contributed by atoms with van der Waals surface area (Å²) in [6.45, 7) is 5.37. The minimum Gasteiger partial charge on any atom is -0.355 e. The summed E-state index contributed by atoms with van der Waals surface area (Å²) in [5.41, 5.74) is 12.7. The number of fused-ring (bicyclic) bond motifs is 2. The average molecular weight is 443 g/mol. The second kappa shape index (κ2) is 7.35. The lowest BCUT2D eigenvalue weighted by Gasteiger charge is -2.42. The molecule has 3 aromatic heterocycles. The van der Waals surface area contributed by atoms with Crippen molar-refractivity contribution in [1.82, 2.24) is 19.6 Å². The summed E-state index contributed by atoms with van der Waals surface area (Å²) < 4.78 is 16.7. The van der Waals surface area contributed by atoms with Crippen molar-refractivity contribution < 1.29 is 4.39 Å². The fraction of sp³-hybridized carbons (Fsp3) is 0.346. The van der Waals surface area contributed by atoms with Gasteiger partial charge in [0, 0.05) is 30.9 Å². The van der Waals surface area contributed by atoms with Gasteiger partial charge in [-0.3, -0.25) is 4.98 Å². The van der Waals surface area contributed by atoms with Gasteiger partial charge in [-0.05, 0) is 61.8 Å². The predicted octanol–water partition coefficient (Wildman–Crippen LogP) is 4.39. The van der Waals surface area contributed by atoms with Gasteiger partial charge in [-0.1, -0.05) is 24.3 Å². The lowest BCUT2D eigenvalue weighted by Crippen LogP contribution is -2.44. The largest absolute Gasteiger partial charge is 0.355 e. The molecule has 1 atom stereocenters. The van der Waals surface area contributed by atoms with Crippen LogP contribution in [0.4, 0.5) is 10.2 Å². The zero-order valence-corrected chi connectivity index (χ0v) is 18.9. The first-order valence-corrected chi connectivity index (χ1v) is 11.5. The number of piperidine rings is 1. The number of nitrogens with zero attached hydrogens (tertiary/aromatic N) is 5. The highest BCUT2D eigenvalue weighted by atomic mass is 19.1. The quantitative estimate of drug-likeness (QED) is 0.499. The van der Waals surface area contributed by atoms with Crippen molar-refractivity contribution in [1.29, 1.82) is 0 Å². The van der Waals surface area contributed by atoms with Crippen LogP contribution in [0.3, 0.4) is 0 Å². The number of aryl methyl sites for hydroxylation is 2. The molecular weight excluding hydrogens is 415 g/mol. The second-order valence-corrected chi connectivity index (χ2v) is 9.46. The molecule has 33 heavy (non-hydrogen) atoms. The maximum Gasteiger partial charge on any atom is 0.155 e. The monoisotopic (exact) mass is 442 g/mol. The third kappa shape index (κ3) is 2.99. The van der Waals surface area contributed by atoms with E-state index in [0.29, 0.717) is 17.0 Å². The van der Waals surface area contributed by atoms with E-state index in [4.69, 9.17) is 10.7 Å². The Morgan fingerprint density at radius 2 is 1.82 bits per heavy atom. The molecule has 7 heteroatoms. The van der Waals surface area contributed by atoms with Crippen molar-refractivity contribution in [2.24, 2.45) is 11.1 Å². The van der Waals surface area contributed by atoms with Crippen LogP contribution in [0.1, 0.15) is 41.4 Å². The number of pyridine rings is 1. The molecule has 6 nitrogen and oxygen atoms in total. The van der Waals surface area contributed by atoms with Crippen LogP contribution >= 0.6 is 0 Å². The van der Waals surface area contributed by atoms with Gasteiger partial charge in [-0.2, -0.15) is 5.10 Å². The van der Waals surface area contributed by atoms with Crippen LogP contribution in [0.2, 0.25) is 0 Å². The summed E-state index contributed by atoms with van der Waals surface area (Å²) >= 11 is 0. The Hall–Kier alpha value is -3.32. The van der Waals surface area contributed by atoms with E-state index in [1.165, 1.54) is 11.1 Å². The topological polar surface area (TPSA) is 72.3 Å². The molecule has 1 aliphatic carbocycles. The minimum atomic E-state index is -0.332. The van der Waals surface area contributed by atoms with Gasteiger partial charge >= 0.3 is 0 Å². The van der Waals surface area contributed by atoms with Gasteiger partial charge in [0.05, 0.1) is 23.3 Å². The molecule has 0 amide bonds. The molecule has 0 saturated carbocycles. The van der Waals surface area contributed by atoms with E-state index < -0.39 is 0 Å². The molecule has 1 aliphatic heterocycles. The molecule has 0 bridgehead atoms. The number of benzene rings is 1. The van der Waals surface area contributed by atoms with Crippen LogP contribution in [0.5, 0.6) is 0 Å².